The van der Waals surface area contributed by atoms with Crippen molar-refractivity contribution in [2.24, 2.45) is 0 Å². The van der Waals surface area contributed by atoms with E-state index in [0.717, 1.165) is 49.2 Å². The quantitative estimate of drug-likeness (QED) is 0.579. The van der Waals surface area contributed by atoms with E-state index in [9.17, 15) is 13.2 Å². The Kier molecular flexibility index (Phi) is 7.27. The van der Waals surface area contributed by atoms with Gasteiger partial charge in [0.15, 0.2) is 0 Å². The molecule has 7 heteroatoms. The van der Waals surface area contributed by atoms with Crippen molar-refractivity contribution < 1.29 is 13.2 Å². The maximum Gasteiger partial charge on any atom is 0.255 e. The summed E-state index contributed by atoms with van der Waals surface area (Å²) in [5.41, 5.74) is 4.21. The van der Waals surface area contributed by atoms with Crippen LogP contribution in [0.1, 0.15) is 72.1 Å². The van der Waals surface area contributed by atoms with Gasteiger partial charge in [-0.15, -0.1) is 11.8 Å². The van der Waals surface area contributed by atoms with E-state index in [4.69, 9.17) is 0 Å². The van der Waals surface area contributed by atoms with Crippen LogP contribution in [0.15, 0.2) is 46.2 Å². The summed E-state index contributed by atoms with van der Waals surface area (Å²) >= 11 is 1.47. The molecule has 2 aliphatic rings. The first-order chi connectivity index (χ1) is 15.4. The molecule has 1 saturated heterocycles. The standard InChI is InChI=1S/C25H32N2O3S2/c1-3-23(20-11-10-18-8-4-5-9-19(18)16-20)26-32(29,30)21-12-13-24(31-2)22(17-21)25(28)27-14-6-7-15-27/h10-13,16-17,23,26H,3-9,14-15H2,1-2H3/t23-/m0/s1. The van der Waals surface area contributed by atoms with Crippen molar-refractivity contribution in [3.8, 4) is 0 Å². The van der Waals surface area contributed by atoms with Crippen LogP contribution in [0.25, 0.3) is 0 Å². The first kappa shape index (κ1) is 23.3. The minimum atomic E-state index is -3.78. The van der Waals surface area contributed by atoms with Crippen molar-refractivity contribution in [3.05, 3.63) is 58.7 Å². The zero-order valence-electron chi connectivity index (χ0n) is 18.9. The van der Waals surface area contributed by atoms with Gasteiger partial charge in [0, 0.05) is 24.0 Å². The molecule has 0 spiro atoms. The number of hydrogen-bond acceptors (Lipinski definition) is 4. The number of aryl methyl sites for hydroxylation is 2. The zero-order chi connectivity index (χ0) is 22.7. The van der Waals surface area contributed by atoms with Crippen LogP contribution in [-0.2, 0) is 22.9 Å². The fourth-order valence-electron chi connectivity index (χ4n) is 4.72. The summed E-state index contributed by atoms with van der Waals surface area (Å²) in [4.78, 5) is 15.8. The molecule has 1 fully saturated rings. The monoisotopic (exact) mass is 472 g/mol. The molecule has 1 aliphatic heterocycles. The Balaban J connectivity index is 1.61. The second-order valence-electron chi connectivity index (χ2n) is 8.68. The number of thioether (sulfide) groups is 1. The largest absolute Gasteiger partial charge is 0.339 e. The lowest BCUT2D eigenvalue weighted by molar-refractivity contribution is 0.0789. The van der Waals surface area contributed by atoms with Crippen molar-refractivity contribution in [1.29, 1.82) is 0 Å². The van der Waals surface area contributed by atoms with Gasteiger partial charge in [-0.05, 0) is 86.1 Å². The van der Waals surface area contributed by atoms with E-state index in [1.807, 2.05) is 18.1 Å². The van der Waals surface area contributed by atoms with Crippen LogP contribution in [0, 0.1) is 0 Å². The Labute approximate surface area is 196 Å². The fraction of sp³-hybridized carbons (Fsp3) is 0.480. The van der Waals surface area contributed by atoms with Crippen LogP contribution in [0.4, 0.5) is 0 Å². The van der Waals surface area contributed by atoms with Crippen molar-refractivity contribution >= 4 is 27.7 Å². The van der Waals surface area contributed by atoms with Crippen molar-refractivity contribution in [3.63, 3.8) is 0 Å². The third-order valence-electron chi connectivity index (χ3n) is 6.59. The number of sulfonamides is 1. The molecular formula is C25H32N2O3S2. The van der Waals surface area contributed by atoms with Crippen LogP contribution >= 0.6 is 11.8 Å². The molecule has 5 nitrogen and oxygen atoms in total. The van der Waals surface area contributed by atoms with Crippen molar-refractivity contribution in [2.75, 3.05) is 19.3 Å². The molecule has 1 amide bonds. The fourth-order valence-corrected chi connectivity index (χ4v) is 6.63. The molecule has 0 unspecified atom stereocenters. The van der Waals surface area contributed by atoms with Crippen LogP contribution in [0.2, 0.25) is 0 Å². The molecule has 2 aromatic rings. The minimum Gasteiger partial charge on any atom is -0.339 e. The highest BCUT2D eigenvalue weighted by Crippen LogP contribution is 2.29. The van der Waals surface area contributed by atoms with Gasteiger partial charge in [-0.25, -0.2) is 13.1 Å². The molecular weight excluding hydrogens is 440 g/mol. The summed E-state index contributed by atoms with van der Waals surface area (Å²) < 4.78 is 29.5. The number of amides is 1. The summed E-state index contributed by atoms with van der Waals surface area (Å²) in [5, 5.41) is 0. The SMILES string of the molecule is CC[C@H](NS(=O)(=O)c1ccc(SC)c(C(=O)N2CCCC2)c1)c1ccc2c(c1)CCCC2. The summed E-state index contributed by atoms with van der Waals surface area (Å²) in [6, 6.07) is 11.0. The summed E-state index contributed by atoms with van der Waals surface area (Å²) in [7, 11) is -3.78. The van der Waals surface area contributed by atoms with Gasteiger partial charge in [-0.2, -0.15) is 0 Å². The van der Waals surface area contributed by atoms with Gasteiger partial charge in [0.05, 0.1) is 10.5 Å². The Morgan fingerprint density at radius 3 is 2.44 bits per heavy atom. The van der Waals surface area contributed by atoms with E-state index in [2.05, 4.69) is 22.9 Å². The molecule has 1 N–H and O–H groups in total. The molecule has 2 aromatic carbocycles. The Hall–Kier alpha value is -1.83. The highest BCUT2D eigenvalue weighted by atomic mass is 32.2. The maximum absolute atomic E-state index is 13.3. The number of carbonyl (C=O) groups excluding carboxylic acids is 1. The normalized spacial score (nSPS) is 17.2. The average molecular weight is 473 g/mol. The van der Waals surface area contributed by atoms with Gasteiger partial charge in [0.1, 0.15) is 0 Å². The second kappa shape index (κ2) is 9.98. The van der Waals surface area contributed by atoms with E-state index < -0.39 is 10.0 Å². The highest BCUT2D eigenvalue weighted by molar-refractivity contribution is 7.98. The molecule has 0 aromatic heterocycles. The van der Waals surface area contributed by atoms with Crippen LogP contribution in [-0.4, -0.2) is 38.6 Å². The summed E-state index contributed by atoms with van der Waals surface area (Å²) in [6.07, 6.45) is 9.14. The molecule has 1 heterocycles. The van der Waals surface area contributed by atoms with Gasteiger partial charge in [0.25, 0.3) is 5.91 Å². The Bertz CT molecular complexity index is 1090. The third-order valence-corrected chi connectivity index (χ3v) is 8.85. The van der Waals surface area contributed by atoms with E-state index >= 15 is 0 Å². The van der Waals surface area contributed by atoms with Crippen LogP contribution in [0.3, 0.4) is 0 Å². The van der Waals surface area contributed by atoms with Crippen molar-refractivity contribution in [1.82, 2.24) is 9.62 Å². The Morgan fingerprint density at radius 2 is 1.75 bits per heavy atom. The molecule has 1 aliphatic carbocycles. The molecule has 1 atom stereocenters. The van der Waals surface area contributed by atoms with Crippen LogP contribution < -0.4 is 4.72 Å². The van der Waals surface area contributed by atoms with E-state index in [-0.39, 0.29) is 16.8 Å². The second-order valence-corrected chi connectivity index (χ2v) is 11.2. The highest BCUT2D eigenvalue weighted by Gasteiger charge is 2.26. The third kappa shape index (κ3) is 4.90. The van der Waals surface area contributed by atoms with E-state index in [1.165, 1.54) is 35.7 Å². The number of nitrogens with zero attached hydrogens (tertiary/aromatic N) is 1. The number of nitrogens with one attached hydrogen (secondary N) is 1. The number of carbonyl (C=O) groups is 1. The molecule has 0 radical (unpaired) electrons. The van der Waals surface area contributed by atoms with E-state index in [1.54, 1.807) is 18.2 Å². The predicted octanol–water partition coefficient (Wildman–Crippen LogP) is 4.95. The molecule has 0 bridgehead atoms. The smallest absolute Gasteiger partial charge is 0.255 e. The molecule has 4 rings (SSSR count). The van der Waals surface area contributed by atoms with Gasteiger partial charge in [0.2, 0.25) is 10.0 Å². The lowest BCUT2D eigenvalue weighted by Gasteiger charge is -2.22. The number of rotatable bonds is 7. The summed E-state index contributed by atoms with van der Waals surface area (Å²) in [6.45, 7) is 3.46. The first-order valence-corrected chi connectivity index (χ1v) is 14.2. The number of likely N-dealkylation sites (tertiary alicyclic amines) is 1. The lowest BCUT2D eigenvalue weighted by atomic mass is 9.89. The topological polar surface area (TPSA) is 66.5 Å². The van der Waals surface area contributed by atoms with Gasteiger partial charge < -0.3 is 4.90 Å². The molecule has 0 saturated carbocycles. The number of fused-ring (bicyclic) bond motifs is 1. The Morgan fingerprint density at radius 1 is 1.03 bits per heavy atom. The first-order valence-electron chi connectivity index (χ1n) is 11.5. The maximum atomic E-state index is 13.3. The van der Waals surface area contributed by atoms with Crippen molar-refractivity contribution in [2.45, 2.75) is 67.7 Å². The summed E-state index contributed by atoms with van der Waals surface area (Å²) in [5.74, 6) is -0.0781. The zero-order valence-corrected chi connectivity index (χ0v) is 20.5. The number of benzene rings is 2. The lowest BCUT2D eigenvalue weighted by Crippen LogP contribution is -2.30. The van der Waals surface area contributed by atoms with Gasteiger partial charge >= 0.3 is 0 Å². The average Bonchev–Trinajstić information content (AvgIpc) is 3.36. The van der Waals surface area contributed by atoms with Gasteiger partial charge in [-0.1, -0.05) is 25.1 Å². The molecule has 172 valence electrons. The van der Waals surface area contributed by atoms with E-state index in [0.29, 0.717) is 12.0 Å². The predicted molar refractivity (Wildman–Crippen MR) is 130 cm³/mol. The minimum absolute atomic E-state index is 0.0781. The van der Waals surface area contributed by atoms with Gasteiger partial charge in [-0.3, -0.25) is 4.79 Å². The molecule has 32 heavy (non-hydrogen) atoms. The number of hydrogen-bond donors (Lipinski definition) is 1. The van der Waals surface area contributed by atoms with Crippen LogP contribution in [0.5, 0.6) is 0 Å².